The highest BCUT2D eigenvalue weighted by Gasteiger charge is 2.46. The average molecular weight is 175 g/mol. The molecule has 1 saturated carbocycles. The van der Waals surface area contributed by atoms with E-state index in [9.17, 15) is 0 Å². The van der Waals surface area contributed by atoms with Crippen molar-refractivity contribution in [1.29, 1.82) is 0 Å². The van der Waals surface area contributed by atoms with E-state index in [-0.39, 0.29) is 10.8 Å². The maximum atomic E-state index is 5.96. The van der Waals surface area contributed by atoms with Crippen LogP contribution in [0.4, 0.5) is 0 Å². The highest BCUT2D eigenvalue weighted by molar-refractivity contribution is 6.31. The summed E-state index contributed by atoms with van der Waals surface area (Å²) in [5.74, 6) is 0.989. The van der Waals surface area contributed by atoms with Crippen LogP contribution >= 0.6 is 23.2 Å². The van der Waals surface area contributed by atoms with Gasteiger partial charge in [0.15, 0.2) is 0 Å². The van der Waals surface area contributed by atoms with Crippen LogP contribution in [-0.4, -0.2) is 10.8 Å². The Kier molecular flexibility index (Phi) is 1.54. The molecule has 0 amide bonds. The summed E-state index contributed by atoms with van der Waals surface area (Å²) in [6, 6.07) is 0. The Bertz CT molecular complexity index is 173. The Morgan fingerprint density at radius 3 is 1.60 bits per heavy atom. The second-order valence-electron chi connectivity index (χ2n) is 2.81. The van der Waals surface area contributed by atoms with E-state index in [0.717, 1.165) is 0 Å². The molecule has 0 nitrogen and oxygen atoms in total. The molecule has 2 aliphatic carbocycles. The van der Waals surface area contributed by atoms with Crippen molar-refractivity contribution in [2.75, 3.05) is 0 Å². The molecule has 0 radical (unpaired) electrons. The second-order valence-corrected chi connectivity index (χ2v) is 3.82. The summed E-state index contributed by atoms with van der Waals surface area (Å²) in [5.41, 5.74) is 0. The molecule has 2 heteroatoms. The molecule has 2 aliphatic rings. The third-order valence-corrected chi connectivity index (χ3v) is 3.52. The van der Waals surface area contributed by atoms with Crippen LogP contribution in [0.2, 0.25) is 0 Å². The summed E-state index contributed by atoms with van der Waals surface area (Å²) < 4.78 is 0. The van der Waals surface area contributed by atoms with Crippen LogP contribution in [0.15, 0.2) is 24.3 Å². The van der Waals surface area contributed by atoms with Crippen LogP contribution in [0.1, 0.15) is 0 Å². The zero-order valence-electron chi connectivity index (χ0n) is 5.37. The van der Waals surface area contributed by atoms with Gasteiger partial charge in [-0.15, -0.1) is 23.2 Å². The van der Waals surface area contributed by atoms with Crippen molar-refractivity contribution in [3.05, 3.63) is 24.3 Å². The minimum Gasteiger partial charge on any atom is -0.121 e. The molecule has 0 bridgehead atoms. The maximum Gasteiger partial charge on any atom is 0.0574 e. The SMILES string of the molecule is ClC1C(Cl)C2C=CC=CC12. The molecule has 0 aliphatic heterocycles. The molecule has 0 aromatic rings. The van der Waals surface area contributed by atoms with Gasteiger partial charge in [0.1, 0.15) is 0 Å². The van der Waals surface area contributed by atoms with Gasteiger partial charge in [0, 0.05) is 11.8 Å². The highest BCUT2D eigenvalue weighted by Crippen LogP contribution is 2.45. The summed E-state index contributed by atoms with van der Waals surface area (Å²) in [6.45, 7) is 0. The van der Waals surface area contributed by atoms with Gasteiger partial charge < -0.3 is 0 Å². The Hall–Kier alpha value is 0.0600. The van der Waals surface area contributed by atoms with Gasteiger partial charge in [-0.3, -0.25) is 0 Å². The van der Waals surface area contributed by atoms with Crippen molar-refractivity contribution in [3.63, 3.8) is 0 Å². The Labute approximate surface area is 70.5 Å². The average Bonchev–Trinajstić information content (AvgIpc) is 2.03. The molecular formula is C8H8Cl2. The van der Waals surface area contributed by atoms with Gasteiger partial charge in [-0.25, -0.2) is 0 Å². The monoisotopic (exact) mass is 174 g/mol. The van der Waals surface area contributed by atoms with Gasteiger partial charge in [0.2, 0.25) is 0 Å². The van der Waals surface area contributed by atoms with E-state index in [1.165, 1.54) is 0 Å². The fraction of sp³-hybridized carbons (Fsp3) is 0.500. The van der Waals surface area contributed by atoms with Gasteiger partial charge in [-0.1, -0.05) is 24.3 Å². The lowest BCUT2D eigenvalue weighted by atomic mass is 9.70. The van der Waals surface area contributed by atoms with Gasteiger partial charge in [-0.2, -0.15) is 0 Å². The fourth-order valence-electron chi connectivity index (χ4n) is 1.56. The van der Waals surface area contributed by atoms with Crippen molar-refractivity contribution in [2.24, 2.45) is 11.8 Å². The molecule has 4 atom stereocenters. The van der Waals surface area contributed by atoms with E-state index in [0.29, 0.717) is 11.8 Å². The first-order valence-electron chi connectivity index (χ1n) is 3.44. The number of rotatable bonds is 0. The molecule has 0 heterocycles. The molecule has 0 spiro atoms. The van der Waals surface area contributed by atoms with Crippen LogP contribution in [0.5, 0.6) is 0 Å². The first-order chi connectivity index (χ1) is 4.80. The van der Waals surface area contributed by atoms with E-state index >= 15 is 0 Å². The standard InChI is InChI=1S/C8H8Cl2/c9-7-5-3-1-2-4-6(5)8(7)10/h1-8H. The first-order valence-corrected chi connectivity index (χ1v) is 4.31. The molecule has 0 aromatic heterocycles. The molecule has 0 saturated heterocycles. The highest BCUT2D eigenvalue weighted by atomic mass is 35.5. The van der Waals surface area contributed by atoms with Gasteiger partial charge in [-0.05, 0) is 0 Å². The quantitative estimate of drug-likeness (QED) is 0.496. The van der Waals surface area contributed by atoms with E-state index in [1.54, 1.807) is 0 Å². The van der Waals surface area contributed by atoms with E-state index in [2.05, 4.69) is 12.2 Å². The molecule has 2 rings (SSSR count). The lowest BCUT2D eigenvalue weighted by Crippen LogP contribution is -2.48. The van der Waals surface area contributed by atoms with Crippen molar-refractivity contribution in [3.8, 4) is 0 Å². The summed E-state index contributed by atoms with van der Waals surface area (Å²) in [5, 5.41) is 0.292. The van der Waals surface area contributed by atoms with E-state index in [1.807, 2.05) is 12.2 Å². The molecule has 0 N–H and O–H groups in total. The zero-order valence-corrected chi connectivity index (χ0v) is 6.89. The Balaban J connectivity index is 2.17. The predicted octanol–water partition coefficient (Wildman–Crippen LogP) is 2.57. The smallest absolute Gasteiger partial charge is 0.0574 e. The van der Waals surface area contributed by atoms with Crippen LogP contribution in [0.25, 0.3) is 0 Å². The fourth-order valence-corrected chi connectivity index (χ4v) is 2.40. The molecule has 4 unspecified atom stereocenters. The number of alkyl halides is 2. The van der Waals surface area contributed by atoms with Crippen molar-refractivity contribution >= 4 is 23.2 Å². The van der Waals surface area contributed by atoms with Crippen molar-refractivity contribution in [1.82, 2.24) is 0 Å². The van der Waals surface area contributed by atoms with Crippen LogP contribution in [0.3, 0.4) is 0 Å². The Morgan fingerprint density at radius 2 is 1.20 bits per heavy atom. The number of hydrogen-bond donors (Lipinski definition) is 0. The van der Waals surface area contributed by atoms with Gasteiger partial charge >= 0.3 is 0 Å². The third kappa shape index (κ3) is 0.755. The summed E-state index contributed by atoms with van der Waals surface area (Å²) in [7, 11) is 0. The van der Waals surface area contributed by atoms with Gasteiger partial charge in [0.05, 0.1) is 10.8 Å². The molecule has 54 valence electrons. The topological polar surface area (TPSA) is 0 Å². The summed E-state index contributed by atoms with van der Waals surface area (Å²) in [4.78, 5) is 0. The minimum atomic E-state index is 0.146. The van der Waals surface area contributed by atoms with Crippen LogP contribution < -0.4 is 0 Å². The first kappa shape index (κ1) is 6.75. The normalized spacial score (nSPS) is 50.2. The largest absolute Gasteiger partial charge is 0.121 e. The number of halogens is 2. The van der Waals surface area contributed by atoms with Gasteiger partial charge in [0.25, 0.3) is 0 Å². The summed E-state index contributed by atoms with van der Waals surface area (Å²) in [6.07, 6.45) is 8.36. The molecular weight excluding hydrogens is 167 g/mol. The van der Waals surface area contributed by atoms with Crippen LogP contribution in [0, 0.1) is 11.8 Å². The summed E-state index contributed by atoms with van der Waals surface area (Å²) >= 11 is 11.9. The minimum absolute atomic E-state index is 0.146. The van der Waals surface area contributed by atoms with Crippen LogP contribution in [-0.2, 0) is 0 Å². The van der Waals surface area contributed by atoms with Crippen molar-refractivity contribution in [2.45, 2.75) is 10.8 Å². The number of fused-ring (bicyclic) bond motifs is 1. The number of hydrogen-bond acceptors (Lipinski definition) is 0. The third-order valence-electron chi connectivity index (χ3n) is 2.26. The Morgan fingerprint density at radius 1 is 0.800 bits per heavy atom. The van der Waals surface area contributed by atoms with Crippen molar-refractivity contribution < 1.29 is 0 Å². The van der Waals surface area contributed by atoms with E-state index in [4.69, 9.17) is 23.2 Å². The second kappa shape index (κ2) is 2.28. The zero-order chi connectivity index (χ0) is 7.14. The molecule has 10 heavy (non-hydrogen) atoms. The number of allylic oxidation sites excluding steroid dienone is 4. The maximum absolute atomic E-state index is 5.96. The molecule has 1 fully saturated rings. The lowest BCUT2D eigenvalue weighted by Gasteiger charge is -2.44. The van der Waals surface area contributed by atoms with E-state index < -0.39 is 0 Å². The molecule has 0 aromatic carbocycles. The predicted molar refractivity (Wildman–Crippen MR) is 44.5 cm³/mol. The lowest BCUT2D eigenvalue weighted by molar-refractivity contribution is 0.301.